The molecule has 0 saturated carbocycles. The van der Waals surface area contributed by atoms with Crippen LogP contribution < -0.4 is 9.62 Å². The summed E-state index contributed by atoms with van der Waals surface area (Å²) in [4.78, 5) is 29.7. The summed E-state index contributed by atoms with van der Waals surface area (Å²) in [5, 5.41) is 2.97. The lowest BCUT2D eigenvalue weighted by molar-refractivity contribution is -0.140. The van der Waals surface area contributed by atoms with Crippen molar-refractivity contribution in [3.05, 3.63) is 130 Å². The number of benzene rings is 4. The molecule has 0 saturated heterocycles. The van der Waals surface area contributed by atoms with E-state index in [4.69, 9.17) is 0 Å². The summed E-state index contributed by atoms with van der Waals surface area (Å²) in [5.41, 5.74) is 3.06. The quantitative estimate of drug-likeness (QED) is 0.198. The second-order valence-corrected chi connectivity index (χ2v) is 13.5. The smallest absolute Gasteiger partial charge is 0.264 e. The maximum atomic E-state index is 14.4. The number of rotatable bonds is 12. The molecule has 4 aromatic rings. The van der Waals surface area contributed by atoms with Crippen LogP contribution in [-0.2, 0) is 32.6 Å². The van der Waals surface area contributed by atoms with E-state index in [1.54, 1.807) is 42.5 Å². The van der Waals surface area contributed by atoms with E-state index >= 15 is 0 Å². The van der Waals surface area contributed by atoms with Crippen LogP contribution in [-0.4, -0.2) is 43.8 Å². The van der Waals surface area contributed by atoms with Crippen molar-refractivity contribution in [2.24, 2.45) is 0 Å². The molecule has 0 bridgehead atoms. The molecule has 0 radical (unpaired) electrons. The summed E-state index contributed by atoms with van der Waals surface area (Å²) in [7, 11) is -4.14. The van der Waals surface area contributed by atoms with Gasteiger partial charge in [0.05, 0.1) is 10.6 Å². The molecule has 43 heavy (non-hydrogen) atoms. The molecule has 4 aromatic carbocycles. The Morgan fingerprint density at radius 2 is 1.44 bits per heavy atom. The number of aryl methyl sites for hydroxylation is 1. The second kappa shape index (κ2) is 14.5. The maximum absolute atomic E-state index is 14.4. The molecule has 0 aliphatic heterocycles. The third-order valence-electron chi connectivity index (χ3n) is 6.84. The van der Waals surface area contributed by atoms with Gasteiger partial charge in [-0.25, -0.2) is 8.42 Å². The largest absolute Gasteiger partial charge is 0.352 e. The number of carbonyl (C=O) groups is 2. The first-order valence-corrected chi connectivity index (χ1v) is 16.3. The van der Waals surface area contributed by atoms with Crippen LogP contribution >= 0.6 is 15.9 Å². The minimum atomic E-state index is -4.14. The van der Waals surface area contributed by atoms with Crippen molar-refractivity contribution >= 4 is 43.5 Å². The van der Waals surface area contributed by atoms with E-state index in [0.717, 1.165) is 21.0 Å². The molecule has 7 nitrogen and oxygen atoms in total. The Labute approximate surface area is 262 Å². The molecule has 224 valence electrons. The van der Waals surface area contributed by atoms with E-state index in [2.05, 4.69) is 21.2 Å². The number of sulfonamides is 1. The Kier molecular flexibility index (Phi) is 10.8. The highest BCUT2D eigenvalue weighted by Gasteiger charge is 2.34. The minimum absolute atomic E-state index is 0.0615. The van der Waals surface area contributed by atoms with Crippen molar-refractivity contribution in [2.75, 3.05) is 10.8 Å². The fraction of sp³-hybridized carbons (Fsp3) is 0.235. The van der Waals surface area contributed by atoms with Crippen LogP contribution in [0.2, 0.25) is 0 Å². The van der Waals surface area contributed by atoms with Gasteiger partial charge in [0.25, 0.3) is 10.0 Å². The third-order valence-corrected chi connectivity index (χ3v) is 9.13. The first kappa shape index (κ1) is 32.0. The zero-order valence-electron chi connectivity index (χ0n) is 24.5. The first-order valence-electron chi connectivity index (χ1n) is 14.1. The van der Waals surface area contributed by atoms with E-state index in [1.165, 1.54) is 17.0 Å². The van der Waals surface area contributed by atoms with Crippen molar-refractivity contribution in [3.8, 4) is 0 Å². The Hall–Kier alpha value is -3.95. The summed E-state index contributed by atoms with van der Waals surface area (Å²) in [5.74, 6) is -0.805. The van der Waals surface area contributed by atoms with Crippen LogP contribution in [0.1, 0.15) is 30.5 Å². The van der Waals surface area contributed by atoms with Crippen molar-refractivity contribution in [2.45, 2.75) is 50.7 Å². The van der Waals surface area contributed by atoms with Crippen LogP contribution in [0, 0.1) is 6.92 Å². The number of amides is 2. The summed E-state index contributed by atoms with van der Waals surface area (Å²) in [6.45, 7) is 5.32. The van der Waals surface area contributed by atoms with E-state index in [0.29, 0.717) is 10.2 Å². The van der Waals surface area contributed by atoms with Crippen molar-refractivity contribution in [1.29, 1.82) is 0 Å². The molecule has 0 unspecified atom stereocenters. The van der Waals surface area contributed by atoms with Crippen molar-refractivity contribution in [1.82, 2.24) is 10.2 Å². The zero-order chi connectivity index (χ0) is 31.0. The number of hydrogen-bond donors (Lipinski definition) is 1. The van der Waals surface area contributed by atoms with Gasteiger partial charge in [0, 0.05) is 23.5 Å². The lowest BCUT2D eigenvalue weighted by atomic mass is 10.0. The van der Waals surface area contributed by atoms with Gasteiger partial charge in [0.2, 0.25) is 11.8 Å². The summed E-state index contributed by atoms with van der Waals surface area (Å²) in [6, 6.07) is 31.0. The highest BCUT2D eigenvalue weighted by Crippen LogP contribution is 2.27. The number of nitrogens with zero attached hydrogens (tertiary/aromatic N) is 2. The van der Waals surface area contributed by atoms with Gasteiger partial charge in [0.15, 0.2) is 0 Å². The Bertz CT molecular complexity index is 1650. The molecule has 2 amide bonds. The van der Waals surface area contributed by atoms with Gasteiger partial charge in [-0.3, -0.25) is 13.9 Å². The van der Waals surface area contributed by atoms with Crippen LogP contribution in [0.4, 0.5) is 5.69 Å². The standard InChI is InChI=1S/C34H36BrN3O4S/c1-25(2)36-34(40)32(21-27-13-6-4-7-14-27)37(23-28-15-10-12-26(3)20-28)33(39)24-38(30-17-11-16-29(35)22-30)43(41,42)31-18-8-5-9-19-31/h4-20,22,25,32H,21,23-24H2,1-3H3,(H,36,40)/t32-/m1/s1. The van der Waals surface area contributed by atoms with E-state index in [9.17, 15) is 18.0 Å². The van der Waals surface area contributed by atoms with Gasteiger partial charge < -0.3 is 10.2 Å². The van der Waals surface area contributed by atoms with Crippen molar-refractivity contribution in [3.63, 3.8) is 0 Å². The Morgan fingerprint density at radius 1 is 0.814 bits per heavy atom. The lowest BCUT2D eigenvalue weighted by Crippen LogP contribution is -2.54. The predicted molar refractivity (Wildman–Crippen MR) is 174 cm³/mol. The van der Waals surface area contributed by atoms with Gasteiger partial charge in [0.1, 0.15) is 12.6 Å². The van der Waals surface area contributed by atoms with E-state index in [-0.39, 0.29) is 29.8 Å². The van der Waals surface area contributed by atoms with Gasteiger partial charge in [-0.15, -0.1) is 0 Å². The van der Waals surface area contributed by atoms with Gasteiger partial charge in [-0.2, -0.15) is 0 Å². The molecule has 0 heterocycles. The zero-order valence-corrected chi connectivity index (χ0v) is 26.9. The number of halogens is 1. The SMILES string of the molecule is Cc1cccc(CN(C(=O)CN(c2cccc(Br)c2)S(=O)(=O)c2ccccc2)[C@H](Cc2ccccc2)C(=O)NC(C)C)c1. The molecule has 0 aliphatic rings. The molecule has 1 N–H and O–H groups in total. The van der Waals surface area contributed by atoms with Crippen LogP contribution in [0.25, 0.3) is 0 Å². The lowest BCUT2D eigenvalue weighted by Gasteiger charge is -2.34. The maximum Gasteiger partial charge on any atom is 0.264 e. The third kappa shape index (κ3) is 8.55. The fourth-order valence-corrected chi connectivity index (χ4v) is 6.64. The summed E-state index contributed by atoms with van der Waals surface area (Å²) >= 11 is 3.43. The van der Waals surface area contributed by atoms with Crippen LogP contribution in [0.3, 0.4) is 0 Å². The van der Waals surface area contributed by atoms with Crippen LogP contribution in [0.15, 0.2) is 119 Å². The molecule has 0 spiro atoms. The Morgan fingerprint density at radius 3 is 2.07 bits per heavy atom. The van der Waals surface area contributed by atoms with Gasteiger partial charge in [-0.05, 0) is 62.2 Å². The molecular formula is C34H36BrN3O4S. The molecule has 0 fully saturated rings. The predicted octanol–water partition coefficient (Wildman–Crippen LogP) is 6.12. The minimum Gasteiger partial charge on any atom is -0.352 e. The van der Waals surface area contributed by atoms with E-state index < -0.39 is 28.5 Å². The van der Waals surface area contributed by atoms with Crippen molar-refractivity contribution < 1.29 is 18.0 Å². The van der Waals surface area contributed by atoms with Crippen LogP contribution in [0.5, 0.6) is 0 Å². The average molecular weight is 663 g/mol. The molecule has 0 aliphatic carbocycles. The summed E-state index contributed by atoms with van der Waals surface area (Å²) in [6.07, 6.45) is 0.263. The highest BCUT2D eigenvalue weighted by atomic mass is 79.9. The molecule has 1 atom stereocenters. The molecular weight excluding hydrogens is 626 g/mol. The normalized spacial score (nSPS) is 12.0. The van der Waals surface area contributed by atoms with E-state index in [1.807, 2.05) is 75.4 Å². The summed E-state index contributed by atoms with van der Waals surface area (Å²) < 4.78 is 29.8. The number of nitrogens with one attached hydrogen (secondary N) is 1. The number of hydrogen-bond acceptors (Lipinski definition) is 4. The fourth-order valence-electron chi connectivity index (χ4n) is 4.82. The number of anilines is 1. The molecule has 0 aromatic heterocycles. The Balaban J connectivity index is 1.80. The second-order valence-electron chi connectivity index (χ2n) is 10.7. The molecule has 9 heteroatoms. The highest BCUT2D eigenvalue weighted by molar-refractivity contribution is 9.10. The monoisotopic (exact) mass is 661 g/mol. The molecule has 4 rings (SSSR count). The topological polar surface area (TPSA) is 86.8 Å². The average Bonchev–Trinajstić information content (AvgIpc) is 2.98. The van der Waals surface area contributed by atoms with Gasteiger partial charge >= 0.3 is 0 Å². The first-order chi connectivity index (χ1) is 20.5. The number of carbonyl (C=O) groups excluding carboxylic acids is 2. The van der Waals surface area contributed by atoms with Gasteiger partial charge in [-0.1, -0.05) is 100 Å².